The van der Waals surface area contributed by atoms with Crippen molar-refractivity contribution in [3.05, 3.63) is 12.7 Å². The fourth-order valence-electron chi connectivity index (χ4n) is 1.44. The minimum absolute atomic E-state index is 0.140. The summed E-state index contributed by atoms with van der Waals surface area (Å²) in [5.74, 6) is -0.140. The summed E-state index contributed by atoms with van der Waals surface area (Å²) in [4.78, 5) is 22.6. The summed E-state index contributed by atoms with van der Waals surface area (Å²) >= 11 is 0. The highest BCUT2D eigenvalue weighted by molar-refractivity contribution is 5.81. The molecule has 0 saturated carbocycles. The van der Waals surface area contributed by atoms with Crippen molar-refractivity contribution in [2.24, 2.45) is 5.73 Å². The number of carbonyl (C=O) groups is 2. The molecule has 0 aliphatic carbocycles. The molecule has 7 nitrogen and oxygen atoms in total. The van der Waals surface area contributed by atoms with Gasteiger partial charge in [0.1, 0.15) is 6.61 Å². The van der Waals surface area contributed by atoms with E-state index in [9.17, 15) is 9.59 Å². The zero-order valence-corrected chi connectivity index (χ0v) is 12.1. The minimum atomic E-state index is -0.500. The molecule has 0 aromatic carbocycles. The van der Waals surface area contributed by atoms with Crippen molar-refractivity contribution in [1.82, 2.24) is 16.0 Å². The zero-order chi connectivity index (χ0) is 15.2. The molecule has 20 heavy (non-hydrogen) atoms. The minimum Gasteiger partial charge on any atom is -0.445 e. The highest BCUT2D eigenvalue weighted by Crippen LogP contribution is 1.98. The lowest BCUT2D eigenvalue weighted by Crippen LogP contribution is -2.42. The van der Waals surface area contributed by atoms with Gasteiger partial charge in [-0.15, -0.1) is 0 Å². The summed E-state index contributed by atoms with van der Waals surface area (Å²) in [5.41, 5.74) is 5.75. The molecule has 1 atom stereocenters. The number of carbonyl (C=O) groups excluding carboxylic acids is 2. The van der Waals surface area contributed by atoms with Crippen LogP contribution in [0.3, 0.4) is 0 Å². The third-order valence-electron chi connectivity index (χ3n) is 2.55. The maximum atomic E-state index is 11.5. The average Bonchev–Trinajstić information content (AvgIpc) is 2.44. The van der Waals surface area contributed by atoms with E-state index in [-0.39, 0.29) is 12.5 Å². The van der Waals surface area contributed by atoms with Gasteiger partial charge in [0.25, 0.3) is 0 Å². The van der Waals surface area contributed by atoms with Gasteiger partial charge in [-0.25, -0.2) is 4.79 Å². The Morgan fingerprint density at radius 1 is 1.25 bits per heavy atom. The molecule has 7 heteroatoms. The molecular formula is C13H26N4O3. The molecule has 2 amide bonds. The topological polar surface area (TPSA) is 105 Å². The molecule has 0 spiro atoms. The van der Waals surface area contributed by atoms with Crippen LogP contribution in [0, 0.1) is 0 Å². The van der Waals surface area contributed by atoms with Crippen LogP contribution in [-0.4, -0.2) is 51.3 Å². The lowest BCUT2D eigenvalue weighted by molar-refractivity contribution is -0.122. The number of nitrogens with one attached hydrogen (secondary N) is 3. The largest absolute Gasteiger partial charge is 0.445 e. The Labute approximate surface area is 120 Å². The van der Waals surface area contributed by atoms with E-state index < -0.39 is 12.1 Å². The van der Waals surface area contributed by atoms with E-state index in [2.05, 4.69) is 22.5 Å². The molecule has 0 unspecified atom stereocenters. The van der Waals surface area contributed by atoms with Crippen molar-refractivity contribution in [3.63, 3.8) is 0 Å². The van der Waals surface area contributed by atoms with E-state index in [1.807, 2.05) is 7.05 Å². The van der Waals surface area contributed by atoms with Crippen LogP contribution < -0.4 is 21.7 Å². The number of hydrogen-bond acceptors (Lipinski definition) is 5. The van der Waals surface area contributed by atoms with Gasteiger partial charge in [0, 0.05) is 19.6 Å². The van der Waals surface area contributed by atoms with E-state index in [1.165, 1.54) is 6.08 Å². The van der Waals surface area contributed by atoms with Gasteiger partial charge in [-0.2, -0.15) is 0 Å². The van der Waals surface area contributed by atoms with Gasteiger partial charge in [-0.1, -0.05) is 12.7 Å². The summed E-state index contributed by atoms with van der Waals surface area (Å²) in [6.45, 7) is 5.43. The quantitative estimate of drug-likeness (QED) is 0.309. The van der Waals surface area contributed by atoms with Gasteiger partial charge in [0.15, 0.2) is 0 Å². The van der Waals surface area contributed by atoms with Crippen molar-refractivity contribution >= 4 is 12.0 Å². The Bertz CT molecular complexity index is 297. The lowest BCUT2D eigenvalue weighted by atomic mass is 10.1. The van der Waals surface area contributed by atoms with Gasteiger partial charge < -0.3 is 26.4 Å². The SMILES string of the molecule is C=CCOC(=O)NCCCC[C@H](N)C(=O)NCCNC. The van der Waals surface area contributed by atoms with E-state index >= 15 is 0 Å². The molecule has 0 radical (unpaired) electrons. The van der Waals surface area contributed by atoms with Gasteiger partial charge in [0.2, 0.25) is 5.91 Å². The van der Waals surface area contributed by atoms with Gasteiger partial charge in [-0.05, 0) is 26.3 Å². The van der Waals surface area contributed by atoms with E-state index in [0.717, 1.165) is 19.4 Å². The third-order valence-corrected chi connectivity index (χ3v) is 2.55. The summed E-state index contributed by atoms with van der Waals surface area (Å²) in [7, 11) is 1.82. The number of amides is 2. The fourth-order valence-corrected chi connectivity index (χ4v) is 1.44. The van der Waals surface area contributed by atoms with Gasteiger partial charge in [0.05, 0.1) is 6.04 Å². The van der Waals surface area contributed by atoms with Crippen LogP contribution in [0.15, 0.2) is 12.7 Å². The maximum Gasteiger partial charge on any atom is 0.407 e. The Hall–Kier alpha value is -1.60. The number of unbranched alkanes of at least 4 members (excludes halogenated alkanes) is 1. The van der Waals surface area contributed by atoms with Crippen molar-refractivity contribution < 1.29 is 14.3 Å². The highest BCUT2D eigenvalue weighted by Gasteiger charge is 2.11. The lowest BCUT2D eigenvalue weighted by Gasteiger charge is -2.12. The third kappa shape index (κ3) is 10.3. The smallest absolute Gasteiger partial charge is 0.407 e. The van der Waals surface area contributed by atoms with Crippen LogP contribution in [0.2, 0.25) is 0 Å². The Balaban J connectivity index is 3.51. The molecular weight excluding hydrogens is 260 g/mol. The summed E-state index contributed by atoms with van der Waals surface area (Å²) in [5, 5.41) is 8.28. The molecule has 0 fully saturated rings. The van der Waals surface area contributed by atoms with Crippen LogP contribution in [0.1, 0.15) is 19.3 Å². The molecule has 0 aliphatic rings. The van der Waals surface area contributed by atoms with E-state index in [4.69, 9.17) is 10.5 Å². The second-order valence-corrected chi connectivity index (χ2v) is 4.31. The second-order valence-electron chi connectivity index (χ2n) is 4.31. The molecule has 0 rings (SSSR count). The Morgan fingerprint density at radius 3 is 2.65 bits per heavy atom. The predicted molar refractivity (Wildman–Crippen MR) is 78.3 cm³/mol. The summed E-state index contributed by atoms with van der Waals surface area (Å²) < 4.78 is 4.75. The molecule has 0 bridgehead atoms. The normalized spacial score (nSPS) is 11.5. The van der Waals surface area contributed by atoms with Crippen LogP contribution in [-0.2, 0) is 9.53 Å². The Morgan fingerprint density at radius 2 is 2.00 bits per heavy atom. The standard InChI is InChI=1S/C13H26N4O3/c1-3-10-20-13(19)17-7-5-4-6-11(14)12(18)16-9-8-15-2/h3,11,15H,1,4-10,14H2,2H3,(H,16,18)(H,17,19)/t11-/m0/s1. The van der Waals surface area contributed by atoms with Crippen molar-refractivity contribution in [1.29, 1.82) is 0 Å². The average molecular weight is 286 g/mol. The van der Waals surface area contributed by atoms with Crippen molar-refractivity contribution in [2.45, 2.75) is 25.3 Å². The zero-order valence-electron chi connectivity index (χ0n) is 12.1. The first-order valence-electron chi connectivity index (χ1n) is 6.81. The number of rotatable bonds is 11. The first-order chi connectivity index (χ1) is 9.61. The van der Waals surface area contributed by atoms with Crippen LogP contribution >= 0.6 is 0 Å². The second kappa shape index (κ2) is 12.4. The predicted octanol–water partition coefficient (Wildman–Crippen LogP) is -0.268. The molecule has 5 N–H and O–H groups in total. The Kier molecular flexibility index (Phi) is 11.4. The van der Waals surface area contributed by atoms with Gasteiger partial charge >= 0.3 is 6.09 Å². The van der Waals surface area contributed by atoms with Crippen LogP contribution in [0.5, 0.6) is 0 Å². The number of hydrogen-bond donors (Lipinski definition) is 4. The first kappa shape index (κ1) is 18.4. The number of alkyl carbamates (subject to hydrolysis) is 1. The molecule has 0 heterocycles. The van der Waals surface area contributed by atoms with Crippen LogP contribution in [0.25, 0.3) is 0 Å². The molecule has 0 aromatic heterocycles. The first-order valence-corrected chi connectivity index (χ1v) is 6.81. The van der Waals surface area contributed by atoms with E-state index in [1.54, 1.807) is 0 Å². The molecule has 0 saturated heterocycles. The number of ether oxygens (including phenoxy) is 1. The highest BCUT2D eigenvalue weighted by atomic mass is 16.5. The maximum absolute atomic E-state index is 11.5. The van der Waals surface area contributed by atoms with E-state index in [0.29, 0.717) is 19.5 Å². The molecule has 0 aromatic rings. The number of nitrogens with two attached hydrogens (primary N) is 1. The molecule has 116 valence electrons. The summed E-state index contributed by atoms with van der Waals surface area (Å²) in [6, 6.07) is -0.500. The van der Waals surface area contributed by atoms with Crippen LogP contribution in [0.4, 0.5) is 4.79 Å². The summed E-state index contributed by atoms with van der Waals surface area (Å²) in [6.07, 6.45) is 3.15. The fraction of sp³-hybridized carbons (Fsp3) is 0.692. The van der Waals surface area contributed by atoms with Gasteiger partial charge in [-0.3, -0.25) is 4.79 Å². The molecule has 0 aliphatic heterocycles. The van der Waals surface area contributed by atoms with Crippen molar-refractivity contribution in [2.75, 3.05) is 33.3 Å². The van der Waals surface area contributed by atoms with Crippen molar-refractivity contribution in [3.8, 4) is 0 Å². The monoisotopic (exact) mass is 286 g/mol. The number of likely N-dealkylation sites (N-methyl/N-ethyl adjacent to an activating group) is 1.